The van der Waals surface area contributed by atoms with Crippen LogP contribution in [-0.4, -0.2) is 93.7 Å². The van der Waals surface area contributed by atoms with Crippen molar-refractivity contribution < 1.29 is 177 Å². The number of ether oxygens (including phenoxy) is 5. The van der Waals surface area contributed by atoms with Gasteiger partial charge in [0.1, 0.15) is 54.3 Å². The number of aliphatic carboxylic acids is 1. The molecule has 3 N–H and O–H groups in total. The largest absolute Gasteiger partial charge is 0.780 e. The van der Waals surface area contributed by atoms with Crippen LogP contribution in [0.15, 0.2) is 120 Å². The third-order valence-electron chi connectivity index (χ3n) is 35.5. The summed E-state index contributed by atoms with van der Waals surface area (Å²) in [5.74, 6) is -1.25. The van der Waals surface area contributed by atoms with Crippen molar-refractivity contribution in [2.45, 2.75) is 259 Å². The Kier molecular flexibility index (Phi) is 27.1. The van der Waals surface area contributed by atoms with Crippen molar-refractivity contribution in [3.63, 3.8) is 0 Å². The fourth-order valence-corrected chi connectivity index (χ4v) is 35.1. The van der Waals surface area contributed by atoms with Crippen LogP contribution in [0, 0.1) is 94.7 Å². The van der Waals surface area contributed by atoms with Crippen molar-refractivity contribution in [1.82, 2.24) is 0 Å². The molecular formula is C96H111Cl4O37P5-8. The maximum atomic E-state index is 11.4. The number of allylic oxidation sites excluding steroid dienone is 1. The molecule has 17 saturated carbocycles. The van der Waals surface area contributed by atoms with Crippen LogP contribution < -0.4 is 61.8 Å². The zero-order valence-corrected chi connectivity index (χ0v) is 85.5. The first-order valence-electron chi connectivity index (χ1n) is 48.7. The topological polar surface area (TPSA) is 532 Å². The molecule has 46 heteroatoms. The van der Waals surface area contributed by atoms with Crippen LogP contribution in [0.4, 0.5) is 0 Å². The van der Waals surface area contributed by atoms with Crippen LogP contribution in [0.25, 0.3) is 0 Å². The lowest BCUT2D eigenvalue weighted by atomic mass is 9.46. The van der Waals surface area contributed by atoms with Crippen molar-refractivity contribution in [3.8, 4) is 28.7 Å². The predicted molar refractivity (Wildman–Crippen MR) is 481 cm³/mol. The van der Waals surface area contributed by atoms with Crippen LogP contribution in [0.5, 0.6) is 28.7 Å². The number of phosphoric acid groups is 5. The second-order valence-corrected chi connectivity index (χ2v) is 50.9. The van der Waals surface area contributed by atoms with Gasteiger partial charge in [-0.15, -0.1) is 23.2 Å². The van der Waals surface area contributed by atoms with Gasteiger partial charge in [-0.25, -0.2) is 29.0 Å². The Hall–Kier alpha value is -4.38. The maximum absolute atomic E-state index is 11.4. The molecule has 778 valence electrons. The molecule has 18 bridgehead atoms. The quantitative estimate of drug-likeness (QED) is 0.0170. The van der Waals surface area contributed by atoms with Gasteiger partial charge in [0.05, 0.1) is 16.7 Å². The van der Waals surface area contributed by atoms with Gasteiger partial charge in [0.15, 0.2) is 33.8 Å². The molecule has 29 rings (SSSR count). The second-order valence-electron chi connectivity index (χ2n) is 43.0. The number of carboxylic acid groups (broad SMARTS) is 1. The Bertz CT molecular complexity index is 5860. The molecule has 12 atom stereocenters. The van der Waals surface area contributed by atoms with Gasteiger partial charge in [-0.2, -0.15) is 24.4 Å². The lowest BCUT2D eigenvalue weighted by Crippen LogP contribution is -2.78. The van der Waals surface area contributed by atoms with E-state index in [2.05, 4.69) is 18.1 Å². The zero-order chi connectivity index (χ0) is 100. The van der Waals surface area contributed by atoms with E-state index in [0.717, 1.165) is 160 Å². The number of fused-ring (bicyclic) bond motifs is 1. The average Bonchev–Trinajstić information content (AvgIpc) is 0.649. The molecule has 5 aliphatic heterocycles. The number of carboxylic acids is 1. The summed E-state index contributed by atoms with van der Waals surface area (Å²) in [6, 6.07) is 28.0. The molecule has 5 saturated heterocycles. The molecule has 5 heterocycles. The number of rotatable bonds is 24. The minimum atomic E-state index is -5.27. The first-order valence-corrected chi connectivity index (χ1v) is 57.6. The van der Waals surface area contributed by atoms with Crippen molar-refractivity contribution in [3.05, 3.63) is 158 Å². The second kappa shape index (κ2) is 37.3. The van der Waals surface area contributed by atoms with Crippen molar-refractivity contribution in [1.29, 1.82) is 0 Å². The molecule has 0 radical (unpaired) electrons. The number of carbonyl (C=O) groups is 1. The van der Waals surface area contributed by atoms with Gasteiger partial charge in [0.25, 0.3) is 28.9 Å². The standard InChI is InChI=1S/C21H26ClO7P.C21H27O9P.C18H21Cl2O7P.C18H22ClO7P.C18H23O7P/c1-26-21(15-9-10-18(22)19(12-15)27-30(23,24)25)20(28-29-21)14-6-4-8-17(20)16-7-3-2-5-13(16)11-14;22-19(23)5-2-6-27-21(15-3-1-4-18(12-15)28-31(24,25)26)20(29-30-21)16-8-13-7-14(10-16)11-17(20)9-13;1-24-18(11-2-3-14(19)15(6-11)25-28(21,22)23)17(26-27-18)12-4-10-5-13(17)9-16(20,7-10)8-12;1-23-18(12-3-2-4-15(7-12)24-27(20,21)22)17(25-26-18)13-5-11-6-14(17)10-16(19,8-11)9-13;1-22-18(13-3-2-4-16(10-13)23-26(19,20)21)17(24-25-18)14-6-11-5-12(8-14)9-15(17)7-11/h9-10,12,14,17H,2-8,11H2,1H3,(H2,23,24,25);1,3-4,12-14,16-17H,2,5-11H2,(H,22,23)(H2,24,25,26);2-3,6,10,12-13H,4-5,7-9H2,1H3,(H2,21,22,23);2-4,7,11,13-14H,5-6,8-10H2,1H3,(H2,20,21,22);2-4,10-12,14-15H,5-9H2,1H3,(H2,19,20,21)/p-8. The Morgan fingerprint density at radius 3 is 1.06 bits per heavy atom. The third kappa shape index (κ3) is 17.2. The molecule has 12 unspecified atom stereocenters. The van der Waals surface area contributed by atoms with E-state index in [9.17, 15) is 76.6 Å². The van der Waals surface area contributed by atoms with Gasteiger partial charge in [-0.3, -0.25) is 14.6 Å². The highest BCUT2D eigenvalue weighted by Crippen LogP contribution is 2.77. The molecule has 5 aromatic rings. The van der Waals surface area contributed by atoms with E-state index in [0.29, 0.717) is 69.7 Å². The first-order chi connectivity index (χ1) is 67.2. The van der Waals surface area contributed by atoms with E-state index >= 15 is 0 Å². The van der Waals surface area contributed by atoms with E-state index in [1.165, 1.54) is 99.4 Å². The minimum absolute atomic E-state index is 0.000939. The molecule has 19 aliphatic carbocycles. The van der Waals surface area contributed by atoms with Gasteiger partial charge < -0.3 is 109 Å². The summed E-state index contributed by atoms with van der Waals surface area (Å²) in [5, 5.41) is 9.07. The maximum Gasteiger partial charge on any atom is 0.524 e. The van der Waals surface area contributed by atoms with Gasteiger partial charge in [0.2, 0.25) is 0 Å². The lowest BCUT2D eigenvalue weighted by Gasteiger charge is -2.70. The number of hydrogen-bond donors (Lipinski definition) is 3. The van der Waals surface area contributed by atoms with Crippen molar-refractivity contribution in [2.75, 3.05) is 35.0 Å². The van der Waals surface area contributed by atoms with E-state index in [4.69, 9.17) is 129 Å². The van der Waals surface area contributed by atoms with Crippen LogP contribution in [0.3, 0.4) is 0 Å². The first kappa shape index (κ1) is 103. The smallest absolute Gasteiger partial charge is 0.524 e. The predicted octanol–water partition coefficient (Wildman–Crippen LogP) is 14.0. The Morgan fingerprint density at radius 1 is 0.380 bits per heavy atom. The van der Waals surface area contributed by atoms with Gasteiger partial charge >= 0.3 is 13.8 Å². The van der Waals surface area contributed by atoms with Gasteiger partial charge in [0, 0.05) is 84.3 Å². The summed E-state index contributed by atoms with van der Waals surface area (Å²) < 4.78 is 109. The summed E-state index contributed by atoms with van der Waals surface area (Å²) in [6.45, 7) is 0.135. The molecule has 5 spiro atoms. The number of phosphoric ester groups is 5. The molecule has 22 fully saturated rings. The highest BCUT2D eigenvalue weighted by atomic mass is 35.5. The Labute approximate surface area is 839 Å². The minimum Gasteiger partial charge on any atom is -0.780 e. The molecule has 37 nitrogen and oxygen atoms in total. The van der Waals surface area contributed by atoms with Crippen LogP contribution in [-0.2, 0) is 129 Å². The Balaban J connectivity index is 0.000000105. The van der Waals surface area contributed by atoms with Gasteiger partial charge in [-0.1, -0.05) is 89.3 Å². The molecule has 5 aromatic carbocycles. The van der Waals surface area contributed by atoms with Crippen LogP contribution in [0.1, 0.15) is 220 Å². The lowest BCUT2D eigenvalue weighted by molar-refractivity contribution is -0.648. The molecule has 0 aromatic heterocycles. The normalized spacial score (nSPS) is 41.1. The highest BCUT2D eigenvalue weighted by molar-refractivity contribution is 7.46. The van der Waals surface area contributed by atoms with E-state index < -0.39 is 102 Å². The van der Waals surface area contributed by atoms with E-state index in [-0.39, 0.29) is 109 Å². The zero-order valence-electron chi connectivity index (χ0n) is 78.0. The summed E-state index contributed by atoms with van der Waals surface area (Å²) in [7, 11) is -19.3. The fraction of sp³-hybridized carbons (Fsp3) is 0.656. The highest BCUT2D eigenvalue weighted by Gasteiger charge is 2.83. The molecule has 24 aliphatic rings. The van der Waals surface area contributed by atoms with Crippen molar-refractivity contribution in [2.24, 2.45) is 94.7 Å². The molecular weight excluding hydrogens is 2040 g/mol. The number of hydrogen-bond acceptors (Lipinski definition) is 34. The number of benzene rings is 5. The summed E-state index contributed by atoms with van der Waals surface area (Å²) in [5.41, 5.74) is 2.51. The van der Waals surface area contributed by atoms with Gasteiger partial charge in [-0.05, 0) is 323 Å². The third-order valence-corrected chi connectivity index (χ3v) is 39.2. The van der Waals surface area contributed by atoms with E-state index in [1.807, 2.05) is 0 Å². The van der Waals surface area contributed by atoms with Crippen LogP contribution in [0.2, 0.25) is 10.0 Å². The number of halogens is 4. The summed E-state index contributed by atoms with van der Waals surface area (Å²) in [6.07, 6.45) is 29.5. The molecule has 0 amide bonds. The molecule has 142 heavy (non-hydrogen) atoms. The number of alkyl halides is 2. The van der Waals surface area contributed by atoms with Crippen molar-refractivity contribution >= 4 is 91.5 Å². The summed E-state index contributed by atoms with van der Waals surface area (Å²) >= 11 is 25.9. The SMILES string of the molecule is COC1(c2ccc(Cl)c(OP(=O)(O)O)c2)OOC12C1CCCC2C2=C(CCCC2)C1.COC1(c2ccc(Cl)c(OP(=O)([O-])[O-])c2)OOC12C1CC3CC2CC(Cl)(C3)C1.COC1(c2cccc(OP(=O)([O-])[O-])c2)OOC12C1CC3CC(C1)CC2C3.COC1(c2cccc(OP(=O)([O-])[O-])c2)OOC12C1CC3CC2CC(Cl)(C3)C1.O=C(O)CCCOC1(c2cccc(OP(=O)([O-])[O-])c2)OOC12C1CC3CC(C1)CC2C3. The number of methoxy groups -OCH3 is 4. The Morgan fingerprint density at radius 2 is 0.718 bits per heavy atom. The fourth-order valence-electron chi connectivity index (χ4n) is 31.5. The summed E-state index contributed by atoms with van der Waals surface area (Å²) in [4.78, 5) is 175. The monoisotopic (exact) mass is 2150 g/mol. The average molecular weight is 2150 g/mol. The van der Waals surface area contributed by atoms with E-state index in [1.54, 1.807) is 81.5 Å². The van der Waals surface area contributed by atoms with Crippen LogP contribution >= 0.6 is 85.5 Å².